The molecule has 5 aromatic carbocycles. The zero-order valence-corrected chi connectivity index (χ0v) is 81.4. The Labute approximate surface area is 810 Å². The van der Waals surface area contributed by atoms with Gasteiger partial charge in [0, 0.05) is 158 Å². The molecule has 15 heteroatoms. The van der Waals surface area contributed by atoms with E-state index < -0.39 is 68.7 Å². The molecule has 2 atom stereocenters. The fourth-order valence-electron chi connectivity index (χ4n) is 18.2. The van der Waals surface area contributed by atoms with Gasteiger partial charge < -0.3 is 22.1 Å². The van der Waals surface area contributed by atoms with E-state index in [2.05, 4.69) is 54.6 Å². The van der Waals surface area contributed by atoms with Crippen LogP contribution in [0.1, 0.15) is 270 Å². The number of nitrogens with zero attached hydrogens (tertiary/aromatic N) is 10. The Morgan fingerprint density at radius 2 is 0.564 bits per heavy atom. The summed E-state index contributed by atoms with van der Waals surface area (Å²) in [7, 11) is 9.69. The van der Waals surface area contributed by atoms with E-state index in [9.17, 15) is 0 Å². The van der Waals surface area contributed by atoms with Crippen molar-refractivity contribution in [2.24, 2.45) is 35.2 Å². The Balaban J connectivity index is 0.000000135. The van der Waals surface area contributed by atoms with Crippen LogP contribution in [-0.4, -0.2) is 24.9 Å². The maximum atomic E-state index is 8.76. The molecule has 0 aliphatic carbocycles. The number of benzene rings is 5. The zero-order chi connectivity index (χ0) is 112. The summed E-state index contributed by atoms with van der Waals surface area (Å²) < 4.78 is 197. The van der Waals surface area contributed by atoms with Crippen molar-refractivity contribution in [2.75, 3.05) is 0 Å². The average Bonchev–Trinajstić information content (AvgIpc) is 1.58. The second-order valence-electron chi connectivity index (χ2n) is 36.7. The lowest BCUT2D eigenvalue weighted by Gasteiger charge is -2.13. The first kappa shape index (κ1) is 71.3. The molecule has 2 unspecified atom stereocenters. The minimum atomic E-state index is -2.48. The third-order valence-electron chi connectivity index (χ3n) is 25.3. The van der Waals surface area contributed by atoms with Gasteiger partial charge in [-0.05, 0) is 257 Å². The van der Waals surface area contributed by atoms with Gasteiger partial charge in [0.05, 0.1) is 38.6 Å². The van der Waals surface area contributed by atoms with Crippen molar-refractivity contribution in [3.8, 4) is 56.3 Å². The summed E-state index contributed by atoms with van der Waals surface area (Å²) in [6, 6.07) is 49.9. The zero-order valence-electron chi connectivity index (χ0n) is 100. The molecule has 15 heterocycles. The molecule has 20 rings (SSSR count). The topological polar surface area (TPSA) is 150 Å². The van der Waals surface area contributed by atoms with E-state index in [-0.39, 0.29) is 11.1 Å². The summed E-state index contributed by atoms with van der Waals surface area (Å²) in [6.07, 6.45) is 9.47. The molecule has 0 saturated carbocycles. The number of furan rings is 5. The lowest BCUT2D eigenvalue weighted by atomic mass is 9.90. The van der Waals surface area contributed by atoms with Crippen molar-refractivity contribution >= 4 is 110 Å². The van der Waals surface area contributed by atoms with E-state index >= 15 is 0 Å². The summed E-state index contributed by atoms with van der Waals surface area (Å²) >= 11 is 0. The molecule has 0 aliphatic rings. The summed E-state index contributed by atoms with van der Waals surface area (Å²) in [6.45, 7) is 31.3. The highest BCUT2D eigenvalue weighted by Gasteiger charge is 2.32. The van der Waals surface area contributed by atoms with Crippen LogP contribution < -0.4 is 22.8 Å². The minimum absolute atomic E-state index is 0.254. The molecule has 0 aliphatic heterocycles. The molecule has 133 heavy (non-hydrogen) atoms. The van der Waals surface area contributed by atoms with Crippen LogP contribution in [0.15, 0.2) is 211 Å². The highest BCUT2D eigenvalue weighted by Crippen LogP contribution is 2.47. The first-order valence-corrected chi connectivity index (χ1v) is 44.9. The predicted octanol–water partition coefficient (Wildman–Crippen LogP) is 28.9. The van der Waals surface area contributed by atoms with Crippen molar-refractivity contribution in [3.63, 3.8) is 0 Å². The van der Waals surface area contributed by atoms with Crippen LogP contribution in [0.5, 0.6) is 0 Å². The summed E-state index contributed by atoms with van der Waals surface area (Å²) in [5.74, 6) is -7.47. The molecule has 0 N–H and O–H groups in total. The minimum Gasteiger partial charge on any atom is -0.437 e. The normalized spacial score (nSPS) is 15.6. The molecular formula is C118H131N10O5+5. The highest BCUT2D eigenvalue weighted by atomic mass is 16.4. The van der Waals surface area contributed by atoms with Crippen LogP contribution in [0, 0.1) is 82.9 Å². The van der Waals surface area contributed by atoms with Gasteiger partial charge in [-0.1, -0.05) is 139 Å². The summed E-state index contributed by atoms with van der Waals surface area (Å²) in [4.78, 5) is 22.7. The number of aryl methyl sites for hydroxylation is 17. The third kappa shape index (κ3) is 17.6. The van der Waals surface area contributed by atoms with Gasteiger partial charge >= 0.3 is 0 Å². The number of pyridine rings is 10. The molecule has 0 fully saturated rings. The standard InChI is InChI=1S/2C25H29N2O.2C23H25N2O.C22H23N2O/c1-14(2)18-10-11-27(7)21(13-18)22-16(5)12-20(15(3)4)23-19-9-8-17(6)26-25(19)28-24(22)23;1-14(2)18-10-11-27(7)21(13-18)22-16(5)8-9-19-23-20(15(3)4)12-17(6)26-25(23)28-24(19)22;1-13(2)17-9-10-25(6)19(12-17)21-15(4)11-14(3)20-18-8-7-16(5)24-23(18)26-22(20)21;1-13(2)17-9-10-25(6)19(12-17)21-14(3)7-8-18-20-15(4)11-16(5)24-23(20)26-22(18)21;1-13(2)17-12-14(3)19(18-8-6-7-11-24(18)5)21-20(17)16-10-9-15(4)23-22(16)25-21/h2*8-15H,1-7H3;2*7-13H,1-6H3;6-13H,1-5H3/q5*+1/i2*1D3,14D,15D;3D3,13D;4D3,13D;13D. The van der Waals surface area contributed by atoms with Crippen LogP contribution in [0.2, 0.25) is 0 Å². The maximum absolute atomic E-state index is 8.76. The molecule has 15 nitrogen and oxygen atoms in total. The molecule has 0 spiro atoms. The van der Waals surface area contributed by atoms with E-state index in [0.717, 1.165) is 178 Å². The average molecular weight is 1790 g/mol. The van der Waals surface area contributed by atoms with Crippen molar-refractivity contribution in [2.45, 2.75) is 221 Å². The second kappa shape index (κ2) is 37.0. The molecule has 0 amide bonds. The Hall–Kier alpha value is -13.4. The van der Waals surface area contributed by atoms with Crippen LogP contribution in [0.4, 0.5) is 0 Å². The highest BCUT2D eigenvalue weighted by molar-refractivity contribution is 6.15. The van der Waals surface area contributed by atoms with Gasteiger partial charge in [0.25, 0.3) is 0 Å². The summed E-state index contributed by atoms with van der Waals surface area (Å²) in [5.41, 5.74) is 28.8. The molecule has 0 saturated heterocycles. The summed E-state index contributed by atoms with van der Waals surface area (Å²) in [5, 5.41) is 7.89. The fraction of sp³-hybridized carbons (Fsp3) is 0.322. The van der Waals surface area contributed by atoms with E-state index in [1.807, 2.05) is 300 Å². The van der Waals surface area contributed by atoms with Gasteiger partial charge in [-0.3, -0.25) is 0 Å². The van der Waals surface area contributed by atoms with E-state index in [0.29, 0.717) is 83.9 Å². The van der Waals surface area contributed by atoms with Crippen LogP contribution in [-0.2, 0) is 35.2 Å². The molecule has 15 aromatic heterocycles. The molecule has 0 bridgehead atoms. The van der Waals surface area contributed by atoms with E-state index in [1.54, 1.807) is 55.7 Å². The predicted molar refractivity (Wildman–Crippen MR) is 546 cm³/mol. The molecule has 0 radical (unpaired) electrons. The van der Waals surface area contributed by atoms with Gasteiger partial charge in [0.15, 0.2) is 58.9 Å². The molecule has 20 aromatic rings. The number of fused-ring (bicyclic) bond motifs is 15. The number of aromatic nitrogens is 10. The van der Waals surface area contributed by atoms with Gasteiger partial charge in [-0.25, -0.2) is 47.8 Å². The Morgan fingerprint density at radius 3 is 0.955 bits per heavy atom. The second-order valence-corrected chi connectivity index (χ2v) is 36.7. The van der Waals surface area contributed by atoms with Crippen LogP contribution in [0.3, 0.4) is 0 Å². The Kier molecular flexibility index (Phi) is 19.8. The lowest BCUT2D eigenvalue weighted by Crippen LogP contribution is -2.31. The van der Waals surface area contributed by atoms with Crippen molar-refractivity contribution in [1.29, 1.82) is 0 Å². The largest absolute Gasteiger partial charge is 0.437 e. The number of hydrogen-bond acceptors (Lipinski definition) is 10. The monoisotopic (exact) mass is 1790 g/mol. The smallest absolute Gasteiger partial charge is 0.227 e. The Morgan fingerprint density at radius 1 is 0.248 bits per heavy atom. The van der Waals surface area contributed by atoms with E-state index in [4.69, 9.17) is 48.1 Å². The number of rotatable bonds is 12. The van der Waals surface area contributed by atoms with Gasteiger partial charge in [-0.2, -0.15) is 0 Å². The van der Waals surface area contributed by atoms with Gasteiger partial charge in [0.2, 0.25) is 57.0 Å². The molecular weight excluding hydrogens is 1640 g/mol. The van der Waals surface area contributed by atoms with Gasteiger partial charge in [0.1, 0.15) is 35.2 Å². The van der Waals surface area contributed by atoms with Crippen molar-refractivity contribution in [3.05, 3.63) is 295 Å². The maximum Gasteiger partial charge on any atom is 0.227 e. The quantitative estimate of drug-likeness (QED) is 0.108. The lowest BCUT2D eigenvalue weighted by molar-refractivity contribution is -0.660. The van der Waals surface area contributed by atoms with Crippen molar-refractivity contribution < 1.29 is 71.0 Å². The van der Waals surface area contributed by atoms with E-state index in [1.165, 1.54) is 13.8 Å². The first-order valence-electron chi connectivity index (χ1n) is 54.4. The SMILES string of the molecule is [2H]C(C)(C)c1cc(C)c(-c2cc(C([2H])(C)C([2H])([2H])[2H])cc[n+]2C)c2oc3nc(C)ccc3c12.[2H]C(C)(C)c1cc(C)c(-c2cccc[n+]2C)c2oc3nc(C)ccc3c12.[2H]C(C)(C)c1cc(C)nc2oc3c(-c4cc(C([2H])(C)C([2H])([2H])[2H])cc[n+]4C)c(C)ccc3c12.[2H]C([2H])([2H])c1cc(C)c(-c2cc(C([2H])(C)C)cc[n+]2C)c2oc3nc(C)ccc3c12.[2H]C([2H])([2H])c1cc(C)nc2oc3c(-c4cc(C([2H])(C)C)cc[n+]4C)c(C)ccc3c12. The van der Waals surface area contributed by atoms with Crippen molar-refractivity contribution in [1.82, 2.24) is 24.9 Å². The van der Waals surface area contributed by atoms with Crippen LogP contribution in [0.25, 0.3) is 167 Å². The molecule has 678 valence electrons. The fourth-order valence-corrected chi connectivity index (χ4v) is 18.2. The Bertz CT molecular complexity index is 8910. The van der Waals surface area contributed by atoms with Gasteiger partial charge in [-0.15, -0.1) is 0 Å². The third-order valence-corrected chi connectivity index (χ3v) is 25.3. The first-order chi connectivity index (χ1) is 70.3. The number of hydrogen-bond donors (Lipinski definition) is 0. The van der Waals surface area contributed by atoms with Crippen LogP contribution >= 0.6 is 0 Å².